The first-order valence-corrected chi connectivity index (χ1v) is 7.95. The van der Waals surface area contributed by atoms with Gasteiger partial charge in [-0.1, -0.05) is 6.92 Å². The minimum atomic E-state index is -0.654. The number of amides is 1. The van der Waals surface area contributed by atoms with E-state index >= 15 is 0 Å². The van der Waals surface area contributed by atoms with E-state index in [0.717, 1.165) is 31.9 Å². The second-order valence-corrected chi connectivity index (χ2v) is 6.68. The van der Waals surface area contributed by atoms with Crippen molar-refractivity contribution in [2.24, 2.45) is 5.92 Å². The molecule has 18 heavy (non-hydrogen) atoms. The van der Waals surface area contributed by atoms with Crippen LogP contribution in [0.3, 0.4) is 0 Å². The minimum Gasteiger partial charge on any atom is -0.389 e. The molecule has 106 valence electrons. The summed E-state index contributed by atoms with van der Waals surface area (Å²) in [5, 5.41) is 9.78. The lowest BCUT2D eigenvalue weighted by molar-refractivity contribution is -0.136. The number of rotatable bonds is 5. The Morgan fingerprint density at radius 1 is 1.33 bits per heavy atom. The van der Waals surface area contributed by atoms with Gasteiger partial charge in [-0.25, -0.2) is 0 Å². The van der Waals surface area contributed by atoms with Crippen LogP contribution in [0.2, 0.25) is 0 Å². The molecule has 1 atom stereocenters. The molecule has 1 rings (SSSR count). The standard InChI is InChI=1S/C13H26N2O2S/c1-11(9-18-4)12(16)15-7-5-14(6-8-15)10-13(2,3)17/h11,17H,5-10H2,1-4H3. The zero-order chi connectivity index (χ0) is 13.8. The number of carbonyl (C=O) groups excluding carboxylic acids is 1. The molecule has 0 spiro atoms. The maximum atomic E-state index is 12.1. The van der Waals surface area contributed by atoms with E-state index < -0.39 is 5.60 Å². The summed E-state index contributed by atoms with van der Waals surface area (Å²) in [5.41, 5.74) is -0.654. The average Bonchev–Trinajstić information content (AvgIpc) is 2.27. The number of nitrogens with zero attached hydrogens (tertiary/aromatic N) is 2. The fraction of sp³-hybridized carbons (Fsp3) is 0.923. The number of hydrogen-bond donors (Lipinski definition) is 1. The maximum absolute atomic E-state index is 12.1. The van der Waals surface area contributed by atoms with Crippen molar-refractivity contribution in [3.05, 3.63) is 0 Å². The quantitative estimate of drug-likeness (QED) is 0.809. The normalized spacial score (nSPS) is 19.9. The second kappa shape index (κ2) is 6.78. The second-order valence-electron chi connectivity index (χ2n) is 5.77. The van der Waals surface area contributed by atoms with Crippen LogP contribution in [0.4, 0.5) is 0 Å². The van der Waals surface area contributed by atoms with Crippen molar-refractivity contribution in [1.82, 2.24) is 9.80 Å². The molecule has 0 bridgehead atoms. The molecule has 1 fully saturated rings. The third kappa shape index (κ3) is 5.16. The molecule has 1 saturated heterocycles. The molecule has 0 radical (unpaired) electrons. The number of carbonyl (C=O) groups is 1. The Morgan fingerprint density at radius 2 is 1.89 bits per heavy atom. The van der Waals surface area contributed by atoms with Crippen molar-refractivity contribution < 1.29 is 9.90 Å². The van der Waals surface area contributed by atoms with Crippen molar-refractivity contribution in [2.45, 2.75) is 26.4 Å². The first-order valence-electron chi connectivity index (χ1n) is 6.56. The fourth-order valence-electron chi connectivity index (χ4n) is 2.31. The summed E-state index contributed by atoms with van der Waals surface area (Å²) in [7, 11) is 0. The van der Waals surface area contributed by atoms with Gasteiger partial charge in [0.1, 0.15) is 0 Å². The van der Waals surface area contributed by atoms with Crippen molar-refractivity contribution >= 4 is 17.7 Å². The van der Waals surface area contributed by atoms with Crippen LogP contribution in [0.5, 0.6) is 0 Å². The fourth-order valence-corrected chi connectivity index (χ4v) is 2.95. The lowest BCUT2D eigenvalue weighted by atomic mass is 10.1. The third-order valence-corrected chi connectivity index (χ3v) is 3.97. The Balaban J connectivity index is 2.37. The molecular formula is C13H26N2O2S. The molecule has 1 heterocycles. The number of β-amino-alcohol motifs (C(OH)–C–C–N with tert-alkyl or cyclic N) is 1. The van der Waals surface area contributed by atoms with Crippen LogP contribution in [-0.4, -0.2) is 71.1 Å². The van der Waals surface area contributed by atoms with E-state index in [1.165, 1.54) is 0 Å². The molecule has 4 nitrogen and oxygen atoms in total. The number of hydrogen-bond acceptors (Lipinski definition) is 4. The van der Waals surface area contributed by atoms with E-state index in [-0.39, 0.29) is 11.8 Å². The van der Waals surface area contributed by atoms with Gasteiger partial charge in [-0.3, -0.25) is 9.69 Å². The predicted molar refractivity (Wildman–Crippen MR) is 76.9 cm³/mol. The number of thioether (sulfide) groups is 1. The third-order valence-electron chi connectivity index (χ3n) is 3.13. The summed E-state index contributed by atoms with van der Waals surface area (Å²) in [6, 6.07) is 0. The average molecular weight is 274 g/mol. The Morgan fingerprint density at radius 3 is 2.33 bits per heavy atom. The van der Waals surface area contributed by atoms with Gasteiger partial charge in [-0.15, -0.1) is 0 Å². The van der Waals surface area contributed by atoms with Crippen LogP contribution in [0.15, 0.2) is 0 Å². The highest BCUT2D eigenvalue weighted by Crippen LogP contribution is 2.13. The van der Waals surface area contributed by atoms with Crippen LogP contribution < -0.4 is 0 Å². The molecule has 1 aliphatic rings. The van der Waals surface area contributed by atoms with Gasteiger partial charge >= 0.3 is 0 Å². The lowest BCUT2D eigenvalue weighted by Gasteiger charge is -2.38. The van der Waals surface area contributed by atoms with Gasteiger partial charge in [-0.2, -0.15) is 11.8 Å². The summed E-state index contributed by atoms with van der Waals surface area (Å²) >= 11 is 1.72. The van der Waals surface area contributed by atoms with Crippen molar-refractivity contribution in [3.63, 3.8) is 0 Å². The Kier molecular flexibility index (Phi) is 5.95. The van der Waals surface area contributed by atoms with Crippen molar-refractivity contribution in [2.75, 3.05) is 44.7 Å². The zero-order valence-corrected chi connectivity index (χ0v) is 12.8. The van der Waals surface area contributed by atoms with E-state index in [4.69, 9.17) is 0 Å². The predicted octanol–water partition coefficient (Wildman–Crippen LogP) is 0.901. The summed E-state index contributed by atoms with van der Waals surface area (Å²) in [6.45, 7) is 9.62. The molecular weight excluding hydrogens is 248 g/mol. The molecule has 1 unspecified atom stereocenters. The van der Waals surface area contributed by atoms with E-state index in [9.17, 15) is 9.90 Å². The van der Waals surface area contributed by atoms with Gasteiger partial charge in [0.05, 0.1) is 5.60 Å². The van der Waals surface area contributed by atoms with Crippen molar-refractivity contribution in [3.8, 4) is 0 Å². The Hall–Kier alpha value is -0.260. The summed E-state index contributed by atoms with van der Waals surface area (Å²) < 4.78 is 0. The molecule has 0 aliphatic carbocycles. The molecule has 0 saturated carbocycles. The first kappa shape index (κ1) is 15.8. The van der Waals surface area contributed by atoms with E-state index in [1.807, 2.05) is 31.9 Å². The van der Waals surface area contributed by atoms with Crippen LogP contribution in [-0.2, 0) is 4.79 Å². The number of piperazine rings is 1. The van der Waals surface area contributed by atoms with Gasteiger partial charge in [-0.05, 0) is 20.1 Å². The van der Waals surface area contributed by atoms with Crippen LogP contribution >= 0.6 is 11.8 Å². The summed E-state index contributed by atoms with van der Waals surface area (Å²) in [4.78, 5) is 16.3. The smallest absolute Gasteiger partial charge is 0.226 e. The molecule has 0 aromatic carbocycles. The van der Waals surface area contributed by atoms with Gasteiger partial charge in [0, 0.05) is 44.4 Å². The number of aliphatic hydroxyl groups is 1. The lowest BCUT2D eigenvalue weighted by Crippen LogP contribution is -2.53. The summed E-state index contributed by atoms with van der Waals surface area (Å²) in [6.07, 6.45) is 2.03. The molecule has 5 heteroatoms. The van der Waals surface area contributed by atoms with Gasteiger partial charge in [0.2, 0.25) is 5.91 Å². The zero-order valence-electron chi connectivity index (χ0n) is 12.0. The van der Waals surface area contributed by atoms with E-state index in [2.05, 4.69) is 4.90 Å². The van der Waals surface area contributed by atoms with Gasteiger partial charge in [0.15, 0.2) is 0 Å². The van der Waals surface area contributed by atoms with Gasteiger partial charge < -0.3 is 10.0 Å². The van der Waals surface area contributed by atoms with Crippen LogP contribution in [0.25, 0.3) is 0 Å². The molecule has 1 N–H and O–H groups in total. The highest BCUT2D eigenvalue weighted by molar-refractivity contribution is 7.98. The van der Waals surface area contributed by atoms with E-state index in [1.54, 1.807) is 11.8 Å². The summed E-state index contributed by atoms with van der Waals surface area (Å²) in [5.74, 6) is 1.27. The SMILES string of the molecule is CSCC(C)C(=O)N1CCN(CC(C)(C)O)CC1. The maximum Gasteiger partial charge on any atom is 0.226 e. The molecule has 1 aliphatic heterocycles. The first-order chi connectivity index (χ1) is 8.33. The van der Waals surface area contributed by atoms with Crippen LogP contribution in [0, 0.1) is 5.92 Å². The largest absolute Gasteiger partial charge is 0.389 e. The van der Waals surface area contributed by atoms with E-state index in [0.29, 0.717) is 6.54 Å². The highest BCUT2D eigenvalue weighted by atomic mass is 32.2. The van der Waals surface area contributed by atoms with Gasteiger partial charge in [0.25, 0.3) is 0 Å². The molecule has 1 amide bonds. The monoisotopic (exact) mass is 274 g/mol. The Bertz CT molecular complexity index is 271. The van der Waals surface area contributed by atoms with Crippen LogP contribution in [0.1, 0.15) is 20.8 Å². The minimum absolute atomic E-state index is 0.112. The highest BCUT2D eigenvalue weighted by Gasteiger charge is 2.26. The topological polar surface area (TPSA) is 43.8 Å². The molecule has 0 aromatic rings. The Labute approximate surface area is 115 Å². The molecule has 0 aromatic heterocycles. The van der Waals surface area contributed by atoms with Crippen molar-refractivity contribution in [1.29, 1.82) is 0 Å².